The molecular weight excluding hydrogens is 176 g/mol. The van der Waals surface area contributed by atoms with E-state index in [0.717, 1.165) is 13.0 Å². The number of hydrogen-bond donors (Lipinski definition) is 0. The third-order valence-electron chi connectivity index (χ3n) is 3.46. The molecule has 0 bridgehead atoms. The molecule has 0 aliphatic heterocycles. The predicted octanol–water partition coefficient (Wildman–Crippen LogP) is 2.99. The highest BCUT2D eigenvalue weighted by Gasteiger charge is 2.42. The zero-order valence-corrected chi connectivity index (χ0v) is 9.64. The van der Waals surface area contributed by atoms with E-state index < -0.39 is 0 Å². The van der Waals surface area contributed by atoms with Gasteiger partial charge >= 0.3 is 0 Å². The third-order valence-corrected chi connectivity index (χ3v) is 3.46. The third kappa shape index (κ3) is 2.58. The van der Waals surface area contributed by atoms with E-state index in [1.54, 1.807) is 7.11 Å². The van der Waals surface area contributed by atoms with Gasteiger partial charge in [0.1, 0.15) is 6.79 Å². The van der Waals surface area contributed by atoms with Gasteiger partial charge in [-0.3, -0.25) is 0 Å². The molecule has 1 aliphatic carbocycles. The average molecular weight is 198 g/mol. The minimum absolute atomic E-state index is 0.411. The summed E-state index contributed by atoms with van der Waals surface area (Å²) in [6.45, 7) is 9.74. The molecule has 82 valence electrons. The van der Waals surface area contributed by atoms with Crippen molar-refractivity contribution in [2.45, 2.75) is 33.1 Å². The molecule has 0 saturated heterocycles. The maximum absolute atomic E-state index is 5.33. The van der Waals surface area contributed by atoms with Gasteiger partial charge in [0.25, 0.3) is 0 Å². The van der Waals surface area contributed by atoms with Crippen molar-refractivity contribution >= 4 is 0 Å². The van der Waals surface area contributed by atoms with Crippen molar-refractivity contribution in [1.82, 2.24) is 0 Å². The Hall–Kier alpha value is -0.340. The van der Waals surface area contributed by atoms with Crippen LogP contribution in [0.25, 0.3) is 0 Å². The molecule has 1 fully saturated rings. The Kier molecular flexibility index (Phi) is 4.14. The summed E-state index contributed by atoms with van der Waals surface area (Å²) in [5.41, 5.74) is 1.75. The van der Waals surface area contributed by atoms with Crippen molar-refractivity contribution in [3.63, 3.8) is 0 Å². The van der Waals surface area contributed by atoms with E-state index in [0.29, 0.717) is 18.1 Å². The zero-order chi connectivity index (χ0) is 10.6. The lowest BCUT2D eigenvalue weighted by atomic mass is 9.57. The van der Waals surface area contributed by atoms with Gasteiger partial charge < -0.3 is 9.47 Å². The summed E-state index contributed by atoms with van der Waals surface area (Å²) in [5, 5.41) is 0. The van der Waals surface area contributed by atoms with E-state index in [-0.39, 0.29) is 0 Å². The van der Waals surface area contributed by atoms with Gasteiger partial charge in [-0.05, 0) is 37.5 Å². The van der Waals surface area contributed by atoms with Gasteiger partial charge in [-0.15, -0.1) is 0 Å². The Labute approximate surface area is 87.3 Å². The lowest BCUT2D eigenvalue weighted by molar-refractivity contribution is -0.0536. The summed E-state index contributed by atoms with van der Waals surface area (Å²) in [5.74, 6) is 0.702. The molecule has 0 unspecified atom stereocenters. The van der Waals surface area contributed by atoms with Gasteiger partial charge in [-0.25, -0.2) is 0 Å². The molecule has 2 atom stereocenters. The summed E-state index contributed by atoms with van der Waals surface area (Å²) in [6, 6.07) is 0. The monoisotopic (exact) mass is 198 g/mol. The number of rotatable bonds is 6. The predicted molar refractivity (Wildman–Crippen MR) is 58.1 cm³/mol. The minimum Gasteiger partial charge on any atom is -0.359 e. The van der Waals surface area contributed by atoms with Crippen molar-refractivity contribution in [1.29, 1.82) is 0 Å². The molecule has 0 aromatic heterocycles. The number of methoxy groups -OCH3 is 1. The summed E-state index contributed by atoms with van der Waals surface area (Å²) in [4.78, 5) is 0. The van der Waals surface area contributed by atoms with Crippen LogP contribution in [0.4, 0.5) is 0 Å². The van der Waals surface area contributed by atoms with Crippen LogP contribution >= 0.6 is 0 Å². The Bertz CT molecular complexity index is 200. The van der Waals surface area contributed by atoms with Crippen molar-refractivity contribution in [3.05, 3.63) is 12.2 Å². The Morgan fingerprint density at radius 1 is 1.57 bits per heavy atom. The Balaban J connectivity index is 2.25. The molecule has 0 N–H and O–H groups in total. The maximum Gasteiger partial charge on any atom is 0.146 e. The molecule has 0 spiro atoms. The van der Waals surface area contributed by atoms with Gasteiger partial charge in [0.05, 0.1) is 0 Å². The molecule has 0 aromatic rings. The normalized spacial score (nSPS) is 31.2. The molecule has 1 saturated carbocycles. The fraction of sp³-hybridized carbons (Fsp3) is 0.833. The largest absolute Gasteiger partial charge is 0.359 e. The SMILES string of the molecule is C=C(C)[C@@H]1CC[C@]1(C)CCOCOC. The van der Waals surface area contributed by atoms with Gasteiger partial charge in [-0.2, -0.15) is 0 Å². The van der Waals surface area contributed by atoms with E-state index in [4.69, 9.17) is 9.47 Å². The summed E-state index contributed by atoms with van der Waals surface area (Å²) < 4.78 is 10.2. The van der Waals surface area contributed by atoms with Crippen molar-refractivity contribution < 1.29 is 9.47 Å². The molecular formula is C12H22O2. The molecule has 0 aromatic carbocycles. The molecule has 0 heterocycles. The van der Waals surface area contributed by atoms with E-state index in [2.05, 4.69) is 20.4 Å². The lowest BCUT2D eigenvalue weighted by Gasteiger charge is -2.48. The van der Waals surface area contributed by atoms with Crippen LogP contribution in [0.1, 0.15) is 33.1 Å². The first-order chi connectivity index (χ1) is 6.60. The standard InChI is InChI=1S/C12H22O2/c1-10(2)11-5-6-12(11,3)7-8-14-9-13-4/h11H,1,5-9H2,2-4H3/t11-,12+/m0/s1. The van der Waals surface area contributed by atoms with Crippen LogP contribution in [0, 0.1) is 11.3 Å². The fourth-order valence-corrected chi connectivity index (χ4v) is 2.37. The average Bonchev–Trinajstić information content (AvgIpc) is 2.09. The van der Waals surface area contributed by atoms with Gasteiger partial charge in [0, 0.05) is 13.7 Å². The minimum atomic E-state index is 0.411. The number of allylic oxidation sites excluding steroid dienone is 1. The highest BCUT2D eigenvalue weighted by Crippen LogP contribution is 2.51. The number of hydrogen-bond acceptors (Lipinski definition) is 2. The summed E-state index contributed by atoms with van der Waals surface area (Å²) in [6.07, 6.45) is 3.73. The second kappa shape index (κ2) is 4.94. The first-order valence-corrected chi connectivity index (χ1v) is 5.32. The Morgan fingerprint density at radius 3 is 2.71 bits per heavy atom. The van der Waals surface area contributed by atoms with Crippen LogP contribution in [0.5, 0.6) is 0 Å². The van der Waals surface area contributed by atoms with Gasteiger partial charge in [0.15, 0.2) is 0 Å². The first kappa shape index (κ1) is 11.7. The van der Waals surface area contributed by atoms with Crippen LogP contribution < -0.4 is 0 Å². The van der Waals surface area contributed by atoms with Crippen molar-refractivity contribution in [3.8, 4) is 0 Å². The molecule has 2 nitrogen and oxygen atoms in total. The van der Waals surface area contributed by atoms with Crippen LogP contribution in [0.2, 0.25) is 0 Å². The lowest BCUT2D eigenvalue weighted by Crippen LogP contribution is -2.39. The fourth-order valence-electron chi connectivity index (χ4n) is 2.37. The zero-order valence-electron chi connectivity index (χ0n) is 9.64. The molecule has 2 heteroatoms. The highest BCUT2D eigenvalue weighted by molar-refractivity contribution is 5.09. The molecule has 0 amide bonds. The van der Waals surface area contributed by atoms with E-state index in [1.165, 1.54) is 18.4 Å². The number of ether oxygens (including phenoxy) is 2. The van der Waals surface area contributed by atoms with E-state index in [1.807, 2.05) is 0 Å². The summed E-state index contributed by atoms with van der Waals surface area (Å²) >= 11 is 0. The highest BCUT2D eigenvalue weighted by atomic mass is 16.7. The second-order valence-corrected chi connectivity index (χ2v) is 4.66. The summed E-state index contributed by atoms with van der Waals surface area (Å²) in [7, 11) is 1.65. The van der Waals surface area contributed by atoms with Crippen LogP contribution in [-0.4, -0.2) is 20.5 Å². The smallest absolute Gasteiger partial charge is 0.146 e. The maximum atomic E-state index is 5.33. The van der Waals surface area contributed by atoms with Gasteiger partial charge in [-0.1, -0.05) is 19.1 Å². The molecule has 1 rings (SSSR count). The molecule has 1 aliphatic rings. The second-order valence-electron chi connectivity index (χ2n) is 4.66. The first-order valence-electron chi connectivity index (χ1n) is 5.32. The molecule has 0 radical (unpaired) electrons. The van der Waals surface area contributed by atoms with Gasteiger partial charge in [0.2, 0.25) is 0 Å². The Morgan fingerprint density at radius 2 is 2.29 bits per heavy atom. The van der Waals surface area contributed by atoms with Crippen molar-refractivity contribution in [2.24, 2.45) is 11.3 Å². The van der Waals surface area contributed by atoms with E-state index >= 15 is 0 Å². The van der Waals surface area contributed by atoms with Crippen molar-refractivity contribution in [2.75, 3.05) is 20.5 Å². The van der Waals surface area contributed by atoms with Crippen LogP contribution in [0.3, 0.4) is 0 Å². The van der Waals surface area contributed by atoms with Crippen LogP contribution in [0.15, 0.2) is 12.2 Å². The topological polar surface area (TPSA) is 18.5 Å². The quantitative estimate of drug-likeness (QED) is 0.371. The van der Waals surface area contributed by atoms with Crippen LogP contribution in [-0.2, 0) is 9.47 Å². The molecule has 14 heavy (non-hydrogen) atoms. The van der Waals surface area contributed by atoms with E-state index in [9.17, 15) is 0 Å².